The molecule has 4 rings (SSSR count). The second kappa shape index (κ2) is 8.30. The van der Waals surface area contributed by atoms with Gasteiger partial charge in [-0.15, -0.1) is 6.58 Å². The highest BCUT2D eigenvalue weighted by molar-refractivity contribution is 5.81. The van der Waals surface area contributed by atoms with Crippen LogP contribution < -0.4 is 10.1 Å². The van der Waals surface area contributed by atoms with Crippen LogP contribution in [-0.4, -0.2) is 22.1 Å². The molecule has 1 N–H and O–H groups in total. The molecule has 0 spiro atoms. The van der Waals surface area contributed by atoms with Gasteiger partial charge in [0.2, 0.25) is 5.91 Å². The Hall–Kier alpha value is -3.08. The molecule has 1 aliphatic rings. The molecule has 1 amide bonds. The summed E-state index contributed by atoms with van der Waals surface area (Å²) in [4.78, 5) is 16.7. The van der Waals surface area contributed by atoms with E-state index in [4.69, 9.17) is 9.72 Å². The number of carbonyl (C=O) groups excluding carboxylic acids is 1. The molecule has 0 aliphatic heterocycles. The molecule has 1 heterocycles. The number of fused-ring (bicyclic) bond motifs is 1. The Morgan fingerprint density at radius 3 is 2.82 bits per heavy atom. The van der Waals surface area contributed by atoms with E-state index in [9.17, 15) is 4.79 Å². The second-order valence-electron chi connectivity index (χ2n) is 7.11. The molecule has 2 aromatic carbocycles. The molecule has 1 aromatic heterocycles. The van der Waals surface area contributed by atoms with Crippen LogP contribution >= 0.6 is 0 Å². The summed E-state index contributed by atoms with van der Waals surface area (Å²) in [6.07, 6.45) is 4.66. The number of carbonyl (C=O) groups is 1. The summed E-state index contributed by atoms with van der Waals surface area (Å²) in [6.45, 7) is 5.44. The Morgan fingerprint density at radius 2 is 2.00 bits per heavy atom. The summed E-state index contributed by atoms with van der Waals surface area (Å²) in [6, 6.07) is 16.1. The van der Waals surface area contributed by atoms with Crippen molar-refractivity contribution in [2.45, 2.75) is 32.4 Å². The van der Waals surface area contributed by atoms with Crippen molar-refractivity contribution in [3.05, 3.63) is 72.6 Å². The Kier molecular flexibility index (Phi) is 5.42. The summed E-state index contributed by atoms with van der Waals surface area (Å²) in [7, 11) is 0. The Morgan fingerprint density at radius 1 is 1.21 bits per heavy atom. The van der Waals surface area contributed by atoms with E-state index in [0.717, 1.165) is 47.4 Å². The number of allylic oxidation sites excluding steroid dienone is 1. The summed E-state index contributed by atoms with van der Waals surface area (Å²) >= 11 is 0. The molecule has 5 heteroatoms. The van der Waals surface area contributed by atoms with Crippen LogP contribution in [0, 0.1) is 5.92 Å². The van der Waals surface area contributed by atoms with Gasteiger partial charge in [-0.05, 0) is 43.0 Å². The van der Waals surface area contributed by atoms with Gasteiger partial charge in [0.05, 0.1) is 24.1 Å². The van der Waals surface area contributed by atoms with Gasteiger partial charge in [0.1, 0.15) is 18.2 Å². The van der Waals surface area contributed by atoms with Crippen LogP contribution in [-0.2, 0) is 24.3 Å². The van der Waals surface area contributed by atoms with Crippen molar-refractivity contribution in [2.24, 2.45) is 5.92 Å². The summed E-state index contributed by atoms with van der Waals surface area (Å²) in [5.41, 5.74) is 3.12. The normalized spacial score (nSPS) is 13.4. The van der Waals surface area contributed by atoms with E-state index in [2.05, 4.69) is 28.6 Å². The van der Waals surface area contributed by atoms with Crippen molar-refractivity contribution in [2.75, 3.05) is 6.61 Å². The van der Waals surface area contributed by atoms with Gasteiger partial charge in [-0.3, -0.25) is 4.79 Å². The van der Waals surface area contributed by atoms with E-state index in [1.54, 1.807) is 0 Å². The van der Waals surface area contributed by atoms with Crippen molar-refractivity contribution in [3.8, 4) is 5.75 Å². The minimum atomic E-state index is 0.133. The van der Waals surface area contributed by atoms with E-state index in [-0.39, 0.29) is 11.8 Å². The molecule has 0 atom stereocenters. The average Bonchev–Trinajstić information content (AvgIpc) is 3.51. The molecule has 0 saturated heterocycles. The van der Waals surface area contributed by atoms with Crippen LogP contribution in [0.1, 0.15) is 24.2 Å². The number of para-hydroxylation sites is 3. The van der Waals surface area contributed by atoms with Crippen LogP contribution in [0.3, 0.4) is 0 Å². The summed E-state index contributed by atoms with van der Waals surface area (Å²) < 4.78 is 8.19. The predicted molar refractivity (Wildman–Crippen MR) is 110 cm³/mol. The number of rotatable bonds is 9. The molecule has 0 radical (unpaired) electrons. The quantitative estimate of drug-likeness (QED) is 0.578. The smallest absolute Gasteiger partial charge is 0.223 e. The van der Waals surface area contributed by atoms with E-state index < -0.39 is 0 Å². The molecular formula is C23H25N3O2. The number of nitrogens with zero attached hydrogens (tertiary/aromatic N) is 2. The standard InChI is InChI=1S/C23H25N3O2/c1-2-7-17-8-3-6-11-21(17)28-15-14-26-20-10-5-4-9-19(20)25-22(26)16-24-23(27)18-12-13-18/h2-6,8-11,18H,1,7,12-16H2,(H,24,27). The lowest BCUT2D eigenvalue weighted by Crippen LogP contribution is -2.26. The lowest BCUT2D eigenvalue weighted by atomic mass is 10.1. The maximum Gasteiger partial charge on any atom is 0.223 e. The lowest BCUT2D eigenvalue weighted by molar-refractivity contribution is -0.122. The molecule has 28 heavy (non-hydrogen) atoms. The highest BCUT2D eigenvalue weighted by Gasteiger charge is 2.29. The van der Waals surface area contributed by atoms with E-state index in [1.165, 1.54) is 0 Å². The van der Waals surface area contributed by atoms with Crippen LogP contribution in [0.4, 0.5) is 0 Å². The van der Waals surface area contributed by atoms with Crippen LogP contribution in [0.2, 0.25) is 0 Å². The fraction of sp³-hybridized carbons (Fsp3) is 0.304. The Bertz CT molecular complexity index is 988. The highest BCUT2D eigenvalue weighted by Crippen LogP contribution is 2.29. The summed E-state index contributed by atoms with van der Waals surface area (Å²) in [5.74, 6) is 2.07. The van der Waals surface area contributed by atoms with Crippen molar-refractivity contribution < 1.29 is 9.53 Å². The largest absolute Gasteiger partial charge is 0.491 e. The van der Waals surface area contributed by atoms with Crippen LogP contribution in [0.5, 0.6) is 5.75 Å². The molecule has 3 aromatic rings. The third kappa shape index (κ3) is 4.09. The molecular weight excluding hydrogens is 350 g/mol. The molecule has 1 fully saturated rings. The third-order valence-corrected chi connectivity index (χ3v) is 5.01. The zero-order chi connectivity index (χ0) is 19.3. The minimum absolute atomic E-state index is 0.133. The first-order valence-electron chi connectivity index (χ1n) is 9.79. The SMILES string of the molecule is C=CCc1ccccc1OCCn1c(CNC(=O)C2CC2)nc2ccccc21. The Balaban J connectivity index is 1.48. The fourth-order valence-corrected chi connectivity index (χ4v) is 3.38. The predicted octanol–water partition coefficient (Wildman–Crippen LogP) is 3.87. The first-order chi connectivity index (χ1) is 13.8. The average molecular weight is 375 g/mol. The number of hydrogen-bond donors (Lipinski definition) is 1. The van der Waals surface area contributed by atoms with E-state index >= 15 is 0 Å². The minimum Gasteiger partial charge on any atom is -0.491 e. The zero-order valence-corrected chi connectivity index (χ0v) is 15.9. The molecule has 0 bridgehead atoms. The van der Waals surface area contributed by atoms with E-state index in [1.807, 2.05) is 42.5 Å². The second-order valence-corrected chi connectivity index (χ2v) is 7.11. The maximum absolute atomic E-state index is 12.0. The topological polar surface area (TPSA) is 56.1 Å². The van der Waals surface area contributed by atoms with Gasteiger partial charge >= 0.3 is 0 Å². The number of hydrogen-bond acceptors (Lipinski definition) is 3. The highest BCUT2D eigenvalue weighted by atomic mass is 16.5. The molecule has 0 unspecified atom stereocenters. The summed E-state index contributed by atoms with van der Waals surface area (Å²) in [5, 5.41) is 3.02. The van der Waals surface area contributed by atoms with Crippen molar-refractivity contribution >= 4 is 16.9 Å². The fourth-order valence-electron chi connectivity index (χ4n) is 3.38. The van der Waals surface area contributed by atoms with Crippen molar-refractivity contribution in [1.82, 2.24) is 14.9 Å². The Labute approximate surface area is 165 Å². The lowest BCUT2D eigenvalue weighted by Gasteiger charge is -2.13. The zero-order valence-electron chi connectivity index (χ0n) is 15.9. The van der Waals surface area contributed by atoms with Gasteiger partial charge in [-0.1, -0.05) is 36.4 Å². The number of ether oxygens (including phenoxy) is 1. The van der Waals surface area contributed by atoms with Gasteiger partial charge in [-0.25, -0.2) is 4.98 Å². The van der Waals surface area contributed by atoms with Gasteiger partial charge in [0.15, 0.2) is 0 Å². The monoisotopic (exact) mass is 375 g/mol. The number of imidazole rings is 1. The molecule has 144 valence electrons. The van der Waals surface area contributed by atoms with Crippen molar-refractivity contribution in [1.29, 1.82) is 0 Å². The maximum atomic E-state index is 12.0. The van der Waals surface area contributed by atoms with Gasteiger partial charge < -0.3 is 14.6 Å². The first kappa shape index (κ1) is 18.3. The van der Waals surface area contributed by atoms with Crippen molar-refractivity contribution in [3.63, 3.8) is 0 Å². The number of nitrogens with one attached hydrogen (secondary N) is 1. The van der Waals surface area contributed by atoms with Crippen LogP contribution in [0.15, 0.2) is 61.2 Å². The van der Waals surface area contributed by atoms with Gasteiger partial charge in [0.25, 0.3) is 0 Å². The van der Waals surface area contributed by atoms with Gasteiger partial charge in [0, 0.05) is 5.92 Å². The molecule has 1 saturated carbocycles. The molecule has 1 aliphatic carbocycles. The van der Waals surface area contributed by atoms with Crippen LogP contribution in [0.25, 0.3) is 11.0 Å². The molecule has 5 nitrogen and oxygen atoms in total. The number of benzene rings is 2. The van der Waals surface area contributed by atoms with Gasteiger partial charge in [-0.2, -0.15) is 0 Å². The van der Waals surface area contributed by atoms with E-state index in [0.29, 0.717) is 19.7 Å². The number of amides is 1. The first-order valence-corrected chi connectivity index (χ1v) is 9.79. The number of aromatic nitrogens is 2. The third-order valence-electron chi connectivity index (χ3n) is 5.01.